The maximum atomic E-state index is 9.15. The minimum Gasteiger partial charge on any atom is -0.481 e. The van der Waals surface area contributed by atoms with E-state index in [4.69, 9.17) is 9.84 Å². The van der Waals surface area contributed by atoms with Crippen molar-refractivity contribution < 1.29 is 9.84 Å². The van der Waals surface area contributed by atoms with Crippen LogP contribution in [0.15, 0.2) is 12.1 Å². The zero-order valence-corrected chi connectivity index (χ0v) is 13.7. The van der Waals surface area contributed by atoms with E-state index in [1.54, 1.807) is 7.11 Å². The van der Waals surface area contributed by atoms with Crippen molar-refractivity contribution in [1.29, 1.82) is 0 Å². The Morgan fingerprint density at radius 2 is 1.95 bits per heavy atom. The molecule has 0 saturated carbocycles. The zero-order valence-electron chi connectivity index (χ0n) is 13.7. The Bertz CT molecular complexity index is 460. The molecular weight excluding hydrogens is 264 g/mol. The van der Waals surface area contributed by atoms with Gasteiger partial charge in [0.15, 0.2) is 0 Å². The van der Waals surface area contributed by atoms with E-state index in [-0.39, 0.29) is 6.61 Å². The third-order valence-corrected chi connectivity index (χ3v) is 4.56. The van der Waals surface area contributed by atoms with Crippen LogP contribution in [0.2, 0.25) is 0 Å². The Balaban J connectivity index is 1.97. The average Bonchev–Trinajstić information content (AvgIpc) is 2.47. The van der Waals surface area contributed by atoms with Gasteiger partial charge in [-0.3, -0.25) is 4.90 Å². The quantitative estimate of drug-likeness (QED) is 0.927. The number of nitrogens with zero attached hydrogens (tertiary/aromatic N) is 2. The van der Waals surface area contributed by atoms with E-state index in [9.17, 15) is 0 Å². The molecule has 0 bridgehead atoms. The Morgan fingerprint density at radius 1 is 1.29 bits per heavy atom. The highest BCUT2D eigenvalue weighted by Gasteiger charge is 2.28. The second-order valence-electron chi connectivity index (χ2n) is 7.05. The monoisotopic (exact) mass is 292 g/mol. The standard InChI is InChI=1S/C17H28N2O2/c1-17(2,3)14-7-9-19(10-8-14)11-13-5-6-15(12-20)18-16(13)21-4/h5-6,14,20H,7-12H2,1-4H3. The van der Waals surface area contributed by atoms with Gasteiger partial charge in [0.1, 0.15) is 0 Å². The van der Waals surface area contributed by atoms with Gasteiger partial charge in [-0.05, 0) is 43.3 Å². The van der Waals surface area contributed by atoms with Crippen molar-refractivity contribution in [2.24, 2.45) is 11.3 Å². The molecule has 1 aliphatic heterocycles. The van der Waals surface area contributed by atoms with Crippen molar-refractivity contribution >= 4 is 0 Å². The lowest BCUT2D eigenvalue weighted by atomic mass is 9.75. The average molecular weight is 292 g/mol. The second-order valence-corrected chi connectivity index (χ2v) is 7.05. The fourth-order valence-electron chi connectivity index (χ4n) is 3.09. The Morgan fingerprint density at radius 3 is 2.48 bits per heavy atom. The van der Waals surface area contributed by atoms with Crippen LogP contribution in [-0.2, 0) is 13.2 Å². The van der Waals surface area contributed by atoms with Crippen LogP contribution < -0.4 is 4.74 Å². The number of likely N-dealkylation sites (tertiary alicyclic amines) is 1. The molecule has 118 valence electrons. The highest BCUT2D eigenvalue weighted by Crippen LogP contribution is 2.34. The van der Waals surface area contributed by atoms with Crippen LogP contribution in [0.25, 0.3) is 0 Å². The molecule has 1 N–H and O–H groups in total. The smallest absolute Gasteiger partial charge is 0.217 e. The van der Waals surface area contributed by atoms with Crippen LogP contribution in [0, 0.1) is 11.3 Å². The first kappa shape index (κ1) is 16.2. The van der Waals surface area contributed by atoms with Gasteiger partial charge in [-0.1, -0.05) is 26.8 Å². The van der Waals surface area contributed by atoms with Crippen LogP contribution in [0.3, 0.4) is 0 Å². The Labute approximate surface area is 128 Å². The lowest BCUT2D eigenvalue weighted by molar-refractivity contribution is 0.107. The van der Waals surface area contributed by atoms with Crippen molar-refractivity contribution in [1.82, 2.24) is 9.88 Å². The molecule has 0 aliphatic carbocycles. The third kappa shape index (κ3) is 4.17. The number of hydrogen-bond donors (Lipinski definition) is 1. The largest absolute Gasteiger partial charge is 0.481 e. The first-order valence-electron chi connectivity index (χ1n) is 7.80. The van der Waals surface area contributed by atoms with E-state index >= 15 is 0 Å². The lowest BCUT2D eigenvalue weighted by Crippen LogP contribution is -2.37. The molecule has 1 fully saturated rings. The van der Waals surface area contributed by atoms with Crippen molar-refractivity contribution in [2.45, 2.75) is 46.8 Å². The van der Waals surface area contributed by atoms with Crippen LogP contribution in [0.5, 0.6) is 5.88 Å². The van der Waals surface area contributed by atoms with E-state index in [0.717, 1.165) is 31.1 Å². The summed E-state index contributed by atoms with van der Waals surface area (Å²) in [5.41, 5.74) is 2.17. The van der Waals surface area contributed by atoms with Gasteiger partial charge < -0.3 is 9.84 Å². The van der Waals surface area contributed by atoms with Gasteiger partial charge in [-0.2, -0.15) is 0 Å². The number of aliphatic hydroxyl groups is 1. The van der Waals surface area contributed by atoms with Gasteiger partial charge in [0, 0.05) is 12.1 Å². The maximum absolute atomic E-state index is 9.15. The molecule has 1 saturated heterocycles. The lowest BCUT2D eigenvalue weighted by Gasteiger charge is -2.38. The molecule has 4 nitrogen and oxygen atoms in total. The van der Waals surface area contributed by atoms with E-state index < -0.39 is 0 Å². The molecule has 0 unspecified atom stereocenters. The molecule has 0 amide bonds. The fourth-order valence-corrected chi connectivity index (χ4v) is 3.09. The predicted molar refractivity (Wildman–Crippen MR) is 84.2 cm³/mol. The third-order valence-electron chi connectivity index (χ3n) is 4.56. The summed E-state index contributed by atoms with van der Waals surface area (Å²) in [6, 6.07) is 3.90. The second kappa shape index (κ2) is 6.75. The van der Waals surface area contributed by atoms with Crippen LogP contribution in [0.4, 0.5) is 0 Å². The number of hydrogen-bond acceptors (Lipinski definition) is 4. The molecule has 2 rings (SSSR count). The van der Waals surface area contributed by atoms with Gasteiger partial charge in [-0.25, -0.2) is 4.98 Å². The summed E-state index contributed by atoms with van der Waals surface area (Å²) in [4.78, 5) is 6.80. The number of aromatic nitrogens is 1. The molecule has 1 aromatic heterocycles. The normalized spacial score (nSPS) is 18.0. The first-order valence-corrected chi connectivity index (χ1v) is 7.80. The minimum atomic E-state index is -0.0480. The number of piperidine rings is 1. The number of aliphatic hydroxyl groups excluding tert-OH is 1. The molecule has 0 aromatic carbocycles. The summed E-state index contributed by atoms with van der Waals surface area (Å²) >= 11 is 0. The molecule has 21 heavy (non-hydrogen) atoms. The molecule has 0 atom stereocenters. The van der Waals surface area contributed by atoms with Crippen molar-refractivity contribution in [3.63, 3.8) is 0 Å². The van der Waals surface area contributed by atoms with Gasteiger partial charge in [0.2, 0.25) is 5.88 Å². The van der Waals surface area contributed by atoms with Crippen molar-refractivity contribution in [3.05, 3.63) is 23.4 Å². The van der Waals surface area contributed by atoms with Crippen LogP contribution in [-0.4, -0.2) is 35.2 Å². The Hall–Kier alpha value is -1.13. The molecule has 1 aromatic rings. The molecule has 2 heterocycles. The molecule has 4 heteroatoms. The summed E-state index contributed by atoms with van der Waals surface area (Å²) in [6.45, 7) is 10.1. The van der Waals surface area contributed by atoms with Crippen LogP contribution >= 0.6 is 0 Å². The molecular formula is C17H28N2O2. The summed E-state index contributed by atoms with van der Waals surface area (Å²) in [7, 11) is 1.64. The predicted octanol–water partition coefficient (Wildman–Crippen LogP) is 2.84. The van der Waals surface area contributed by atoms with Crippen molar-refractivity contribution in [2.75, 3.05) is 20.2 Å². The fraction of sp³-hybridized carbons (Fsp3) is 0.706. The SMILES string of the molecule is COc1nc(CO)ccc1CN1CCC(C(C)(C)C)CC1. The van der Waals surface area contributed by atoms with Crippen LogP contribution in [0.1, 0.15) is 44.9 Å². The molecule has 0 radical (unpaired) electrons. The number of pyridine rings is 1. The summed E-state index contributed by atoms with van der Waals surface area (Å²) in [5, 5.41) is 9.15. The van der Waals surface area contributed by atoms with Gasteiger partial charge in [-0.15, -0.1) is 0 Å². The van der Waals surface area contributed by atoms with Crippen molar-refractivity contribution in [3.8, 4) is 5.88 Å². The van der Waals surface area contributed by atoms with Gasteiger partial charge >= 0.3 is 0 Å². The highest BCUT2D eigenvalue weighted by molar-refractivity contribution is 5.28. The summed E-state index contributed by atoms with van der Waals surface area (Å²) in [6.07, 6.45) is 2.52. The zero-order chi connectivity index (χ0) is 15.5. The van der Waals surface area contributed by atoms with E-state index in [1.807, 2.05) is 12.1 Å². The van der Waals surface area contributed by atoms with Gasteiger partial charge in [0.25, 0.3) is 0 Å². The minimum absolute atomic E-state index is 0.0480. The summed E-state index contributed by atoms with van der Waals surface area (Å²) in [5.74, 6) is 1.45. The van der Waals surface area contributed by atoms with E-state index in [2.05, 4.69) is 30.7 Å². The molecule has 1 aliphatic rings. The number of rotatable bonds is 4. The van der Waals surface area contributed by atoms with E-state index in [0.29, 0.717) is 17.0 Å². The topological polar surface area (TPSA) is 45.6 Å². The highest BCUT2D eigenvalue weighted by atomic mass is 16.5. The first-order chi connectivity index (χ1) is 9.94. The number of methoxy groups -OCH3 is 1. The maximum Gasteiger partial charge on any atom is 0.217 e. The Kier molecular flexibility index (Phi) is 5.22. The number of ether oxygens (including phenoxy) is 1. The van der Waals surface area contributed by atoms with Gasteiger partial charge in [0.05, 0.1) is 19.4 Å². The molecule has 0 spiro atoms. The summed E-state index contributed by atoms with van der Waals surface area (Å²) < 4.78 is 5.36. The van der Waals surface area contributed by atoms with E-state index in [1.165, 1.54) is 12.8 Å².